The Morgan fingerprint density at radius 2 is 2.20 bits per heavy atom. The number of ether oxygens (including phenoxy) is 1. The standard InChI is InChI=1S/C12H23NO2/c1-4-7-8-15-10-12(14)9-13-11(5-2)6-3/h2,11-14H,4,6-10H2,1,3H3. The summed E-state index contributed by atoms with van der Waals surface area (Å²) in [4.78, 5) is 0. The molecule has 0 aliphatic heterocycles. The monoisotopic (exact) mass is 213 g/mol. The molecule has 0 saturated heterocycles. The first-order chi connectivity index (χ1) is 7.24. The summed E-state index contributed by atoms with van der Waals surface area (Å²) in [6.45, 7) is 5.73. The number of unbranched alkanes of at least 4 members (excludes halogenated alkanes) is 1. The second-order valence-corrected chi connectivity index (χ2v) is 3.62. The molecule has 15 heavy (non-hydrogen) atoms. The Hall–Kier alpha value is -0.560. The van der Waals surface area contributed by atoms with Gasteiger partial charge in [-0.1, -0.05) is 26.2 Å². The molecule has 0 aliphatic carbocycles. The maximum atomic E-state index is 9.53. The van der Waals surface area contributed by atoms with Crippen LogP contribution in [0.5, 0.6) is 0 Å². The number of hydrogen-bond acceptors (Lipinski definition) is 3. The molecule has 2 atom stereocenters. The maximum Gasteiger partial charge on any atom is 0.0898 e. The third kappa shape index (κ3) is 8.44. The molecule has 0 aromatic heterocycles. The molecule has 0 spiro atoms. The molecule has 0 fully saturated rings. The Labute approximate surface area is 93.2 Å². The number of aliphatic hydroxyl groups is 1. The molecule has 0 heterocycles. The lowest BCUT2D eigenvalue weighted by molar-refractivity contribution is 0.0353. The van der Waals surface area contributed by atoms with Crippen LogP contribution in [-0.2, 0) is 4.74 Å². The molecule has 88 valence electrons. The van der Waals surface area contributed by atoms with Crippen molar-refractivity contribution in [1.82, 2.24) is 5.32 Å². The van der Waals surface area contributed by atoms with Crippen LogP contribution in [0.1, 0.15) is 33.1 Å². The molecule has 2 N–H and O–H groups in total. The highest BCUT2D eigenvalue weighted by atomic mass is 16.5. The van der Waals surface area contributed by atoms with Crippen LogP contribution in [0.3, 0.4) is 0 Å². The molecular weight excluding hydrogens is 190 g/mol. The smallest absolute Gasteiger partial charge is 0.0898 e. The van der Waals surface area contributed by atoms with Gasteiger partial charge in [-0.15, -0.1) is 6.42 Å². The quantitative estimate of drug-likeness (QED) is 0.446. The summed E-state index contributed by atoms with van der Waals surface area (Å²) in [6, 6.07) is 0.0512. The molecule has 0 aromatic rings. The van der Waals surface area contributed by atoms with E-state index in [1.54, 1.807) is 0 Å². The second-order valence-electron chi connectivity index (χ2n) is 3.62. The first kappa shape index (κ1) is 14.4. The van der Waals surface area contributed by atoms with E-state index >= 15 is 0 Å². The molecule has 0 rings (SSSR count). The molecule has 0 radical (unpaired) electrons. The van der Waals surface area contributed by atoms with Gasteiger partial charge in [0.05, 0.1) is 18.8 Å². The molecule has 0 aromatic carbocycles. The van der Waals surface area contributed by atoms with E-state index in [4.69, 9.17) is 11.2 Å². The lowest BCUT2D eigenvalue weighted by Crippen LogP contribution is -2.36. The molecular formula is C12H23NO2. The average Bonchev–Trinajstić information content (AvgIpc) is 2.26. The summed E-state index contributed by atoms with van der Waals surface area (Å²) in [5.41, 5.74) is 0. The van der Waals surface area contributed by atoms with Crippen molar-refractivity contribution >= 4 is 0 Å². The summed E-state index contributed by atoms with van der Waals surface area (Å²) in [5, 5.41) is 12.6. The van der Waals surface area contributed by atoms with Gasteiger partial charge in [-0.3, -0.25) is 0 Å². The van der Waals surface area contributed by atoms with Gasteiger partial charge in [0, 0.05) is 13.2 Å². The summed E-state index contributed by atoms with van der Waals surface area (Å²) < 4.78 is 5.29. The van der Waals surface area contributed by atoms with E-state index < -0.39 is 6.10 Å². The Kier molecular flexibility index (Phi) is 9.60. The number of nitrogens with one attached hydrogen (secondary N) is 1. The molecule has 0 amide bonds. The number of hydrogen-bond donors (Lipinski definition) is 2. The Balaban J connectivity index is 3.40. The predicted molar refractivity (Wildman–Crippen MR) is 62.6 cm³/mol. The van der Waals surface area contributed by atoms with Gasteiger partial charge in [0.15, 0.2) is 0 Å². The molecule has 2 unspecified atom stereocenters. The van der Waals surface area contributed by atoms with E-state index in [2.05, 4.69) is 18.2 Å². The van der Waals surface area contributed by atoms with Gasteiger partial charge < -0.3 is 15.2 Å². The third-order valence-electron chi connectivity index (χ3n) is 2.16. The highest BCUT2D eigenvalue weighted by molar-refractivity contribution is 4.97. The van der Waals surface area contributed by atoms with E-state index in [1.807, 2.05) is 6.92 Å². The van der Waals surface area contributed by atoms with Crippen LogP contribution < -0.4 is 5.32 Å². The minimum Gasteiger partial charge on any atom is -0.389 e. The van der Waals surface area contributed by atoms with Crippen molar-refractivity contribution in [3.05, 3.63) is 0 Å². The Bertz CT molecular complexity index is 177. The van der Waals surface area contributed by atoms with Gasteiger partial charge in [0.25, 0.3) is 0 Å². The zero-order valence-corrected chi connectivity index (χ0v) is 9.83. The van der Waals surface area contributed by atoms with E-state index in [-0.39, 0.29) is 6.04 Å². The minimum atomic E-state index is -0.468. The Morgan fingerprint density at radius 3 is 2.73 bits per heavy atom. The van der Waals surface area contributed by atoms with Crippen LogP contribution in [0.2, 0.25) is 0 Å². The van der Waals surface area contributed by atoms with E-state index in [0.717, 1.165) is 25.9 Å². The van der Waals surface area contributed by atoms with Crippen molar-refractivity contribution in [3.63, 3.8) is 0 Å². The van der Waals surface area contributed by atoms with Gasteiger partial charge in [0.2, 0.25) is 0 Å². The largest absolute Gasteiger partial charge is 0.389 e. The summed E-state index contributed by atoms with van der Waals surface area (Å²) in [6.07, 6.45) is 7.85. The first-order valence-corrected chi connectivity index (χ1v) is 5.69. The molecule has 3 heteroatoms. The zero-order valence-electron chi connectivity index (χ0n) is 9.83. The average molecular weight is 213 g/mol. The first-order valence-electron chi connectivity index (χ1n) is 5.69. The van der Waals surface area contributed by atoms with E-state index in [1.165, 1.54) is 0 Å². The van der Waals surface area contributed by atoms with Crippen LogP contribution in [0.4, 0.5) is 0 Å². The van der Waals surface area contributed by atoms with Crippen LogP contribution in [0, 0.1) is 12.3 Å². The highest BCUT2D eigenvalue weighted by Gasteiger charge is 2.06. The highest BCUT2D eigenvalue weighted by Crippen LogP contribution is 1.92. The fraction of sp³-hybridized carbons (Fsp3) is 0.833. The lowest BCUT2D eigenvalue weighted by atomic mass is 10.2. The van der Waals surface area contributed by atoms with Crippen molar-refractivity contribution in [2.24, 2.45) is 0 Å². The van der Waals surface area contributed by atoms with Gasteiger partial charge >= 0.3 is 0 Å². The summed E-state index contributed by atoms with van der Waals surface area (Å²) in [7, 11) is 0. The van der Waals surface area contributed by atoms with Crippen molar-refractivity contribution in [1.29, 1.82) is 0 Å². The van der Waals surface area contributed by atoms with Crippen LogP contribution in [0.15, 0.2) is 0 Å². The Morgan fingerprint density at radius 1 is 1.47 bits per heavy atom. The number of aliphatic hydroxyl groups excluding tert-OH is 1. The lowest BCUT2D eigenvalue weighted by Gasteiger charge is -2.15. The van der Waals surface area contributed by atoms with Gasteiger partial charge in [0.1, 0.15) is 0 Å². The molecule has 3 nitrogen and oxygen atoms in total. The van der Waals surface area contributed by atoms with Gasteiger partial charge in [-0.2, -0.15) is 0 Å². The van der Waals surface area contributed by atoms with Crippen LogP contribution >= 0.6 is 0 Å². The van der Waals surface area contributed by atoms with Crippen molar-refractivity contribution < 1.29 is 9.84 Å². The topological polar surface area (TPSA) is 41.5 Å². The zero-order chi connectivity index (χ0) is 11.5. The SMILES string of the molecule is C#CC(CC)NCC(O)COCCCC. The van der Waals surface area contributed by atoms with E-state index in [0.29, 0.717) is 13.2 Å². The van der Waals surface area contributed by atoms with E-state index in [9.17, 15) is 5.11 Å². The van der Waals surface area contributed by atoms with Crippen molar-refractivity contribution in [2.75, 3.05) is 19.8 Å². The fourth-order valence-electron chi connectivity index (χ4n) is 1.12. The normalized spacial score (nSPS) is 14.5. The number of rotatable bonds is 9. The predicted octanol–water partition coefficient (Wildman–Crippen LogP) is 1.17. The summed E-state index contributed by atoms with van der Waals surface area (Å²) >= 11 is 0. The maximum absolute atomic E-state index is 9.53. The summed E-state index contributed by atoms with van der Waals surface area (Å²) in [5.74, 6) is 2.62. The second kappa shape index (κ2) is 9.97. The van der Waals surface area contributed by atoms with Crippen LogP contribution in [-0.4, -0.2) is 37.0 Å². The van der Waals surface area contributed by atoms with Crippen LogP contribution in [0.25, 0.3) is 0 Å². The van der Waals surface area contributed by atoms with Gasteiger partial charge in [-0.25, -0.2) is 0 Å². The fourth-order valence-corrected chi connectivity index (χ4v) is 1.12. The number of terminal acetylenes is 1. The van der Waals surface area contributed by atoms with Gasteiger partial charge in [-0.05, 0) is 12.8 Å². The minimum absolute atomic E-state index is 0.0512. The third-order valence-corrected chi connectivity index (χ3v) is 2.16. The van der Waals surface area contributed by atoms with Crippen molar-refractivity contribution in [2.45, 2.75) is 45.3 Å². The van der Waals surface area contributed by atoms with Crippen molar-refractivity contribution in [3.8, 4) is 12.3 Å². The molecule has 0 saturated carbocycles. The molecule has 0 bridgehead atoms. The molecule has 0 aliphatic rings.